The van der Waals surface area contributed by atoms with Crippen LogP contribution in [0.25, 0.3) is 0 Å². The normalized spacial score (nSPS) is 12.2. The molecule has 1 N–H and O–H groups in total. The summed E-state index contributed by atoms with van der Waals surface area (Å²) >= 11 is 9.72. The Labute approximate surface area is 133 Å². The Morgan fingerprint density at radius 3 is 2.50 bits per heavy atom. The van der Waals surface area contributed by atoms with E-state index in [0.717, 1.165) is 20.8 Å². The highest BCUT2D eigenvalue weighted by atomic mass is 79.9. The summed E-state index contributed by atoms with van der Waals surface area (Å²) in [5.74, 6) is 0.867. The fraction of sp³-hybridized carbons (Fsp3) is 0.250. The first-order chi connectivity index (χ1) is 9.56. The van der Waals surface area contributed by atoms with Gasteiger partial charge in [0.05, 0.1) is 13.2 Å². The number of benzene rings is 2. The maximum absolute atomic E-state index is 6.12. The highest BCUT2D eigenvalue weighted by Gasteiger charge is 2.17. The molecule has 0 aliphatic rings. The third kappa shape index (κ3) is 3.17. The Hall–Kier alpha value is -1.03. The van der Waals surface area contributed by atoms with Crippen LogP contribution >= 0.6 is 27.5 Å². The molecule has 0 aliphatic carbocycles. The molecule has 0 saturated heterocycles. The molecule has 20 heavy (non-hydrogen) atoms. The number of methoxy groups -OCH3 is 1. The van der Waals surface area contributed by atoms with Gasteiger partial charge in [-0.15, -0.1) is 0 Å². The average Bonchev–Trinajstić information content (AvgIpc) is 2.44. The van der Waals surface area contributed by atoms with Crippen LogP contribution in [-0.2, 0) is 0 Å². The first kappa shape index (κ1) is 15.4. The molecule has 106 valence electrons. The largest absolute Gasteiger partial charge is 0.497 e. The summed E-state index contributed by atoms with van der Waals surface area (Å²) < 4.78 is 6.30. The van der Waals surface area contributed by atoms with Crippen LogP contribution in [0.2, 0.25) is 5.02 Å². The van der Waals surface area contributed by atoms with Gasteiger partial charge in [-0.3, -0.25) is 0 Å². The lowest BCUT2D eigenvalue weighted by Crippen LogP contribution is -2.19. The van der Waals surface area contributed by atoms with Gasteiger partial charge in [0.25, 0.3) is 0 Å². The van der Waals surface area contributed by atoms with Crippen molar-refractivity contribution >= 4 is 27.5 Å². The Morgan fingerprint density at radius 1 is 1.15 bits per heavy atom. The first-order valence-corrected chi connectivity index (χ1v) is 7.50. The van der Waals surface area contributed by atoms with Crippen molar-refractivity contribution in [2.24, 2.45) is 0 Å². The van der Waals surface area contributed by atoms with Gasteiger partial charge in [-0.25, -0.2) is 0 Å². The molecule has 0 spiro atoms. The molecular weight excluding hydrogens is 338 g/mol. The molecule has 1 unspecified atom stereocenters. The number of nitrogens with one attached hydrogen (secondary N) is 1. The van der Waals surface area contributed by atoms with E-state index >= 15 is 0 Å². The quantitative estimate of drug-likeness (QED) is 0.857. The van der Waals surface area contributed by atoms with Crippen molar-refractivity contribution in [2.45, 2.75) is 13.0 Å². The molecule has 0 fully saturated rings. The van der Waals surface area contributed by atoms with Gasteiger partial charge in [0.1, 0.15) is 5.75 Å². The van der Waals surface area contributed by atoms with Crippen molar-refractivity contribution in [2.75, 3.05) is 14.2 Å². The van der Waals surface area contributed by atoms with E-state index in [0.29, 0.717) is 0 Å². The monoisotopic (exact) mass is 353 g/mol. The number of hydrogen-bond acceptors (Lipinski definition) is 2. The topological polar surface area (TPSA) is 21.3 Å². The van der Waals surface area contributed by atoms with E-state index in [-0.39, 0.29) is 6.04 Å². The van der Waals surface area contributed by atoms with Crippen molar-refractivity contribution in [1.82, 2.24) is 5.32 Å². The van der Waals surface area contributed by atoms with Crippen molar-refractivity contribution in [3.05, 3.63) is 62.6 Å². The van der Waals surface area contributed by atoms with Crippen LogP contribution in [0.1, 0.15) is 22.7 Å². The van der Waals surface area contributed by atoms with Gasteiger partial charge in [-0.05, 0) is 61.0 Å². The van der Waals surface area contributed by atoms with E-state index < -0.39 is 0 Å². The van der Waals surface area contributed by atoms with Crippen LogP contribution in [0, 0.1) is 6.92 Å². The Kier molecular flexibility index (Phi) is 5.08. The van der Waals surface area contributed by atoms with Gasteiger partial charge in [0.15, 0.2) is 0 Å². The molecule has 0 aromatic heterocycles. The molecule has 0 amide bonds. The lowest BCUT2D eigenvalue weighted by Gasteiger charge is -2.21. The van der Waals surface area contributed by atoms with Gasteiger partial charge in [-0.1, -0.05) is 33.6 Å². The SMILES string of the molecule is CNC(c1ccc(OC)cc1C)c1cc(Cl)ccc1Br. The highest BCUT2D eigenvalue weighted by molar-refractivity contribution is 9.10. The van der Waals surface area contributed by atoms with Crippen LogP contribution < -0.4 is 10.1 Å². The predicted octanol–water partition coefficient (Wildman–Crippen LogP) is 4.73. The number of aryl methyl sites for hydroxylation is 1. The van der Waals surface area contributed by atoms with E-state index in [1.165, 1.54) is 11.1 Å². The second-order valence-electron chi connectivity index (χ2n) is 4.61. The Bertz CT molecular complexity index is 615. The zero-order chi connectivity index (χ0) is 14.7. The molecule has 2 nitrogen and oxygen atoms in total. The maximum atomic E-state index is 6.12. The number of rotatable bonds is 4. The van der Waals surface area contributed by atoms with Gasteiger partial charge in [0, 0.05) is 9.50 Å². The average molecular weight is 355 g/mol. The van der Waals surface area contributed by atoms with E-state index in [1.54, 1.807) is 7.11 Å². The molecule has 0 radical (unpaired) electrons. The van der Waals surface area contributed by atoms with Gasteiger partial charge in [0.2, 0.25) is 0 Å². The summed E-state index contributed by atoms with van der Waals surface area (Å²) in [4.78, 5) is 0. The second kappa shape index (κ2) is 6.61. The highest BCUT2D eigenvalue weighted by Crippen LogP contribution is 2.33. The van der Waals surface area contributed by atoms with E-state index in [2.05, 4.69) is 34.2 Å². The summed E-state index contributed by atoms with van der Waals surface area (Å²) in [6.07, 6.45) is 0. The van der Waals surface area contributed by atoms with Crippen molar-refractivity contribution in [1.29, 1.82) is 0 Å². The summed E-state index contributed by atoms with van der Waals surface area (Å²) in [6.45, 7) is 2.08. The summed E-state index contributed by atoms with van der Waals surface area (Å²) in [7, 11) is 3.62. The van der Waals surface area contributed by atoms with Crippen molar-refractivity contribution in [3.63, 3.8) is 0 Å². The Balaban J connectivity index is 2.49. The number of ether oxygens (including phenoxy) is 1. The smallest absolute Gasteiger partial charge is 0.119 e. The molecule has 2 aromatic carbocycles. The van der Waals surface area contributed by atoms with Crippen LogP contribution in [0.4, 0.5) is 0 Å². The molecular formula is C16H17BrClNO. The second-order valence-corrected chi connectivity index (χ2v) is 5.90. The van der Waals surface area contributed by atoms with Gasteiger partial charge in [-0.2, -0.15) is 0 Å². The molecule has 1 atom stereocenters. The van der Waals surface area contributed by atoms with Gasteiger partial charge < -0.3 is 10.1 Å². The molecule has 0 heterocycles. The van der Waals surface area contributed by atoms with E-state index in [9.17, 15) is 0 Å². The molecule has 0 bridgehead atoms. The van der Waals surface area contributed by atoms with Crippen LogP contribution in [0.5, 0.6) is 5.75 Å². The molecule has 0 saturated carbocycles. The summed E-state index contributed by atoms with van der Waals surface area (Å²) in [5.41, 5.74) is 3.50. The summed E-state index contributed by atoms with van der Waals surface area (Å²) in [5, 5.41) is 4.08. The van der Waals surface area contributed by atoms with Gasteiger partial charge >= 0.3 is 0 Å². The fourth-order valence-electron chi connectivity index (χ4n) is 2.31. The minimum absolute atomic E-state index is 0.0778. The Morgan fingerprint density at radius 2 is 1.90 bits per heavy atom. The van der Waals surface area contributed by atoms with Crippen molar-refractivity contribution in [3.8, 4) is 5.75 Å². The fourth-order valence-corrected chi connectivity index (χ4v) is 2.97. The zero-order valence-corrected chi connectivity index (χ0v) is 14.0. The molecule has 4 heteroatoms. The van der Waals surface area contributed by atoms with Crippen LogP contribution in [0.15, 0.2) is 40.9 Å². The molecule has 2 aromatic rings. The minimum Gasteiger partial charge on any atom is -0.497 e. The first-order valence-electron chi connectivity index (χ1n) is 6.33. The molecule has 0 aliphatic heterocycles. The molecule has 2 rings (SSSR count). The van der Waals surface area contributed by atoms with Crippen LogP contribution in [-0.4, -0.2) is 14.2 Å². The van der Waals surface area contributed by atoms with Crippen molar-refractivity contribution < 1.29 is 4.74 Å². The van der Waals surface area contributed by atoms with E-state index in [4.69, 9.17) is 16.3 Å². The van der Waals surface area contributed by atoms with E-state index in [1.807, 2.05) is 37.4 Å². The maximum Gasteiger partial charge on any atom is 0.119 e. The number of halogens is 2. The zero-order valence-electron chi connectivity index (χ0n) is 11.7. The number of hydrogen-bond donors (Lipinski definition) is 1. The third-order valence-corrected chi connectivity index (χ3v) is 4.30. The predicted molar refractivity (Wildman–Crippen MR) is 87.8 cm³/mol. The standard InChI is InChI=1S/C16H17BrClNO/c1-10-8-12(20-3)5-6-13(10)16(19-2)14-9-11(18)4-7-15(14)17/h4-9,16,19H,1-3H3. The summed E-state index contributed by atoms with van der Waals surface area (Å²) in [6, 6.07) is 12.0. The lowest BCUT2D eigenvalue weighted by molar-refractivity contribution is 0.414. The minimum atomic E-state index is 0.0778. The third-order valence-electron chi connectivity index (χ3n) is 3.35. The van der Waals surface area contributed by atoms with Crippen LogP contribution in [0.3, 0.4) is 0 Å². The lowest BCUT2D eigenvalue weighted by atomic mass is 9.95.